The van der Waals surface area contributed by atoms with Gasteiger partial charge in [0.15, 0.2) is 0 Å². The number of hydrogen-bond donors (Lipinski definition) is 0. The number of nitrogens with zero attached hydrogens (tertiary/aromatic N) is 2. The number of hydrogen-bond acceptors (Lipinski definition) is 3. The summed E-state index contributed by atoms with van der Waals surface area (Å²) in [4.78, 5) is 28.7. The van der Waals surface area contributed by atoms with Gasteiger partial charge in [0.25, 0.3) is 0 Å². The predicted octanol–water partition coefficient (Wildman–Crippen LogP) is 4.71. The smallest absolute Gasteiger partial charge is 0.227 e. The van der Waals surface area contributed by atoms with Gasteiger partial charge in [0.2, 0.25) is 11.8 Å². The Morgan fingerprint density at radius 3 is 2.57 bits per heavy atom. The van der Waals surface area contributed by atoms with Crippen molar-refractivity contribution in [2.45, 2.75) is 25.7 Å². The first-order valence-electron chi connectivity index (χ1n) is 10.7. The molecule has 2 aromatic carbocycles. The Balaban J connectivity index is 1.21. The second-order valence-corrected chi connectivity index (χ2v) is 8.59. The van der Waals surface area contributed by atoms with Crippen LogP contribution in [0.3, 0.4) is 0 Å². The summed E-state index contributed by atoms with van der Waals surface area (Å²) in [5, 5.41) is 1.08. The van der Waals surface area contributed by atoms with Gasteiger partial charge in [-0.3, -0.25) is 9.59 Å². The van der Waals surface area contributed by atoms with Crippen molar-refractivity contribution in [1.82, 2.24) is 4.90 Å². The summed E-state index contributed by atoms with van der Waals surface area (Å²) in [5.41, 5.74) is 3.99. The summed E-state index contributed by atoms with van der Waals surface area (Å²) in [6.07, 6.45) is 5.18. The summed E-state index contributed by atoms with van der Waals surface area (Å²) in [5.74, 6) is 0.925. The maximum atomic E-state index is 12.8. The molecule has 0 bridgehead atoms. The van der Waals surface area contributed by atoms with Crippen LogP contribution in [0.4, 0.5) is 5.69 Å². The first-order chi connectivity index (χ1) is 14.6. The number of carbonyl (C=O) groups is 2. The molecule has 1 aromatic heterocycles. The number of amides is 2. The van der Waals surface area contributed by atoms with Crippen molar-refractivity contribution in [2.24, 2.45) is 11.8 Å². The summed E-state index contributed by atoms with van der Waals surface area (Å²) in [6.45, 7) is 1.52. The lowest BCUT2D eigenvalue weighted by molar-refractivity contribution is -0.131. The van der Waals surface area contributed by atoms with Crippen molar-refractivity contribution < 1.29 is 14.0 Å². The van der Waals surface area contributed by atoms with Crippen LogP contribution in [-0.2, 0) is 9.59 Å². The number of carbonyl (C=O) groups excluding carboxylic acids is 2. The number of likely N-dealkylation sites (tertiary alicyclic amines) is 1. The van der Waals surface area contributed by atoms with E-state index in [0.29, 0.717) is 12.3 Å². The molecule has 0 N–H and O–H groups in total. The number of furan rings is 1. The van der Waals surface area contributed by atoms with Gasteiger partial charge in [0.1, 0.15) is 5.58 Å². The van der Waals surface area contributed by atoms with Crippen molar-refractivity contribution in [3.63, 3.8) is 0 Å². The third-order valence-corrected chi connectivity index (χ3v) is 6.40. The van der Waals surface area contributed by atoms with Crippen LogP contribution in [0.25, 0.3) is 22.1 Å². The second kappa shape index (κ2) is 7.63. The Morgan fingerprint density at radius 2 is 1.80 bits per heavy atom. The zero-order valence-electron chi connectivity index (χ0n) is 17.2. The van der Waals surface area contributed by atoms with E-state index in [1.807, 2.05) is 54.4 Å². The molecule has 1 aliphatic heterocycles. The molecule has 1 unspecified atom stereocenters. The van der Waals surface area contributed by atoms with E-state index >= 15 is 0 Å². The SMILES string of the molecule is CN(C(=O)CC1CCN(C(=O)C2CC2)C1)c1ccc(-c2ccc3occc3c2)cc1. The number of benzene rings is 2. The van der Waals surface area contributed by atoms with E-state index in [9.17, 15) is 9.59 Å². The molecule has 2 heterocycles. The minimum absolute atomic E-state index is 0.105. The van der Waals surface area contributed by atoms with E-state index in [4.69, 9.17) is 4.42 Å². The highest BCUT2D eigenvalue weighted by atomic mass is 16.3. The molecule has 2 aliphatic rings. The molecule has 1 saturated carbocycles. The molecule has 2 amide bonds. The van der Waals surface area contributed by atoms with Gasteiger partial charge in [0, 0.05) is 43.5 Å². The van der Waals surface area contributed by atoms with Crippen LogP contribution in [0.1, 0.15) is 25.7 Å². The van der Waals surface area contributed by atoms with Crippen LogP contribution >= 0.6 is 0 Å². The summed E-state index contributed by atoms with van der Waals surface area (Å²) < 4.78 is 5.41. The number of rotatable bonds is 5. The third-order valence-electron chi connectivity index (χ3n) is 6.40. The van der Waals surface area contributed by atoms with Crippen molar-refractivity contribution in [3.8, 4) is 11.1 Å². The second-order valence-electron chi connectivity index (χ2n) is 8.59. The minimum atomic E-state index is 0.105. The highest BCUT2D eigenvalue weighted by Gasteiger charge is 2.37. The topological polar surface area (TPSA) is 53.8 Å². The fourth-order valence-corrected chi connectivity index (χ4v) is 4.34. The molecule has 0 spiro atoms. The summed E-state index contributed by atoms with van der Waals surface area (Å²) >= 11 is 0. The monoisotopic (exact) mass is 402 g/mol. The van der Waals surface area contributed by atoms with Crippen LogP contribution < -0.4 is 4.90 Å². The molecule has 1 aliphatic carbocycles. The Bertz CT molecular complexity index is 1080. The van der Waals surface area contributed by atoms with Crippen LogP contribution in [0.5, 0.6) is 0 Å². The van der Waals surface area contributed by atoms with E-state index in [2.05, 4.69) is 6.07 Å². The average Bonchev–Trinajstić information content (AvgIpc) is 3.34. The Morgan fingerprint density at radius 1 is 1.03 bits per heavy atom. The molecule has 5 rings (SSSR count). The van der Waals surface area contributed by atoms with E-state index < -0.39 is 0 Å². The lowest BCUT2D eigenvalue weighted by Crippen LogP contribution is -2.32. The van der Waals surface area contributed by atoms with Crippen molar-refractivity contribution in [1.29, 1.82) is 0 Å². The van der Waals surface area contributed by atoms with E-state index in [1.165, 1.54) is 0 Å². The van der Waals surface area contributed by atoms with E-state index in [1.54, 1.807) is 11.2 Å². The van der Waals surface area contributed by atoms with Crippen LogP contribution in [-0.4, -0.2) is 36.9 Å². The van der Waals surface area contributed by atoms with Gasteiger partial charge in [-0.05, 0) is 66.6 Å². The molecule has 5 heteroatoms. The van der Waals surface area contributed by atoms with E-state index in [0.717, 1.165) is 60.1 Å². The molecule has 5 nitrogen and oxygen atoms in total. The standard InChI is InChI=1S/C25H26N2O3/c1-26(24(28)14-17-10-12-27(16-17)25(29)19-2-3-19)22-7-4-18(5-8-22)20-6-9-23-21(15-20)11-13-30-23/h4-9,11,13,15,17,19H,2-3,10,12,14,16H2,1H3. The van der Waals surface area contributed by atoms with Gasteiger partial charge in [-0.25, -0.2) is 0 Å². The fraction of sp³-hybridized carbons (Fsp3) is 0.360. The lowest BCUT2D eigenvalue weighted by atomic mass is 10.0. The van der Waals surface area contributed by atoms with Gasteiger partial charge in [-0.2, -0.15) is 0 Å². The van der Waals surface area contributed by atoms with Crippen molar-refractivity contribution in [2.75, 3.05) is 25.0 Å². The van der Waals surface area contributed by atoms with E-state index in [-0.39, 0.29) is 17.7 Å². The molecule has 30 heavy (non-hydrogen) atoms. The maximum Gasteiger partial charge on any atom is 0.227 e. The summed E-state index contributed by atoms with van der Waals surface area (Å²) in [7, 11) is 1.83. The van der Waals surface area contributed by atoms with Gasteiger partial charge in [-0.15, -0.1) is 0 Å². The van der Waals surface area contributed by atoms with Crippen molar-refractivity contribution >= 4 is 28.5 Å². The zero-order chi connectivity index (χ0) is 20.7. The summed E-state index contributed by atoms with van der Waals surface area (Å²) in [6, 6.07) is 16.2. The quantitative estimate of drug-likeness (QED) is 0.621. The molecular weight excluding hydrogens is 376 g/mol. The highest BCUT2D eigenvalue weighted by molar-refractivity contribution is 5.93. The maximum absolute atomic E-state index is 12.8. The van der Waals surface area contributed by atoms with Gasteiger partial charge < -0.3 is 14.2 Å². The first-order valence-corrected chi connectivity index (χ1v) is 10.7. The van der Waals surface area contributed by atoms with Crippen LogP contribution in [0.15, 0.2) is 59.2 Å². The van der Waals surface area contributed by atoms with Crippen molar-refractivity contribution in [3.05, 3.63) is 54.8 Å². The predicted molar refractivity (Wildman–Crippen MR) is 117 cm³/mol. The van der Waals surface area contributed by atoms with Gasteiger partial charge in [-0.1, -0.05) is 18.2 Å². The molecule has 154 valence electrons. The number of fused-ring (bicyclic) bond motifs is 1. The zero-order valence-corrected chi connectivity index (χ0v) is 17.2. The molecular formula is C25H26N2O3. The number of anilines is 1. The Labute approximate surface area is 176 Å². The molecule has 3 aromatic rings. The molecule has 1 atom stereocenters. The third kappa shape index (κ3) is 3.72. The lowest BCUT2D eigenvalue weighted by Gasteiger charge is -2.20. The molecule has 1 saturated heterocycles. The highest BCUT2D eigenvalue weighted by Crippen LogP contribution is 2.33. The normalized spacial score (nSPS) is 18.7. The molecule has 0 radical (unpaired) electrons. The van der Waals surface area contributed by atoms with Crippen LogP contribution in [0.2, 0.25) is 0 Å². The van der Waals surface area contributed by atoms with Crippen LogP contribution in [0, 0.1) is 11.8 Å². The Hall–Kier alpha value is -3.08. The van der Waals surface area contributed by atoms with Gasteiger partial charge in [0.05, 0.1) is 6.26 Å². The average molecular weight is 402 g/mol. The fourth-order valence-electron chi connectivity index (χ4n) is 4.34. The molecule has 2 fully saturated rings. The Kier molecular flexibility index (Phi) is 4.81. The van der Waals surface area contributed by atoms with Gasteiger partial charge >= 0.3 is 0 Å². The minimum Gasteiger partial charge on any atom is -0.464 e. The largest absolute Gasteiger partial charge is 0.464 e. The first kappa shape index (κ1) is 18.9.